The Kier molecular flexibility index (Phi) is 8.82. The molecule has 0 aromatic heterocycles. The Balaban J connectivity index is 2.08. The fourth-order valence-corrected chi connectivity index (χ4v) is 2.69. The van der Waals surface area contributed by atoms with Gasteiger partial charge in [0.05, 0.1) is 6.04 Å². The average molecular weight is 438 g/mol. The lowest BCUT2D eigenvalue weighted by molar-refractivity contribution is -0.136. The van der Waals surface area contributed by atoms with Gasteiger partial charge in [0.15, 0.2) is 0 Å². The third-order valence-corrected chi connectivity index (χ3v) is 4.37. The van der Waals surface area contributed by atoms with Crippen LogP contribution in [0.4, 0.5) is 4.79 Å². The minimum Gasteiger partial charge on any atom is -0.508 e. The fourth-order valence-electron chi connectivity index (χ4n) is 2.69. The highest BCUT2D eigenvalue weighted by molar-refractivity contribution is 6.59. The number of alkyl carbamates (subject to hydrolysis) is 1. The Morgan fingerprint density at radius 1 is 1.03 bits per heavy atom. The van der Waals surface area contributed by atoms with Crippen molar-refractivity contribution >= 4 is 29.8 Å². The molecule has 0 saturated carbocycles. The second-order valence-electron chi connectivity index (χ2n) is 6.83. The van der Waals surface area contributed by atoms with Crippen LogP contribution in [-0.4, -0.2) is 51.8 Å². The van der Waals surface area contributed by atoms with Crippen LogP contribution >= 0.6 is 0 Å². The van der Waals surface area contributed by atoms with Crippen molar-refractivity contribution in [3.8, 4) is 5.75 Å². The second kappa shape index (κ2) is 11.8. The first-order chi connectivity index (χ1) is 15.3. The minimum atomic E-state index is -1.22. The number of phenolic OH excluding ortho intramolecular Hbond substituents is 1. The summed E-state index contributed by atoms with van der Waals surface area (Å²) in [7, 11) is 0. The SMILES string of the molecule is C[C@H](NC(=O)[C@H](Cc1ccc(O)cc1)NC(=O)OCc1ccccc1)C(=O)C(=O)C=[N+]=[N-]. The van der Waals surface area contributed by atoms with Gasteiger partial charge < -0.3 is 26.0 Å². The number of carbonyl (C=O) groups excluding carboxylic acids is 4. The molecule has 0 heterocycles. The second-order valence-corrected chi connectivity index (χ2v) is 6.83. The number of hydrogen-bond acceptors (Lipinski definition) is 6. The first-order valence-corrected chi connectivity index (χ1v) is 9.61. The van der Waals surface area contributed by atoms with E-state index in [0.29, 0.717) is 11.8 Å². The zero-order valence-corrected chi connectivity index (χ0v) is 17.2. The molecule has 0 saturated heterocycles. The van der Waals surface area contributed by atoms with Crippen LogP contribution in [0.15, 0.2) is 54.6 Å². The molecule has 166 valence electrons. The zero-order valence-electron chi connectivity index (χ0n) is 17.2. The molecule has 2 atom stereocenters. The molecule has 2 rings (SSSR count). The fraction of sp³-hybridized carbons (Fsp3) is 0.227. The highest BCUT2D eigenvalue weighted by Crippen LogP contribution is 2.12. The average Bonchev–Trinajstić information content (AvgIpc) is 2.79. The van der Waals surface area contributed by atoms with E-state index in [2.05, 4.69) is 15.4 Å². The van der Waals surface area contributed by atoms with Gasteiger partial charge in [0, 0.05) is 6.42 Å². The maximum atomic E-state index is 12.7. The molecule has 0 aliphatic carbocycles. The van der Waals surface area contributed by atoms with Crippen LogP contribution in [0.2, 0.25) is 0 Å². The third kappa shape index (κ3) is 7.51. The lowest BCUT2D eigenvalue weighted by atomic mass is 10.0. The van der Waals surface area contributed by atoms with Gasteiger partial charge in [-0.15, -0.1) is 0 Å². The molecule has 0 aliphatic heterocycles. The molecule has 10 heteroatoms. The lowest BCUT2D eigenvalue weighted by Crippen LogP contribution is -2.52. The molecule has 3 N–H and O–H groups in total. The molecule has 2 aromatic rings. The van der Waals surface area contributed by atoms with Gasteiger partial charge in [0.2, 0.25) is 11.7 Å². The molecule has 0 fully saturated rings. The van der Waals surface area contributed by atoms with Crippen LogP contribution < -0.4 is 10.6 Å². The van der Waals surface area contributed by atoms with Gasteiger partial charge in [-0.25, -0.2) is 4.79 Å². The number of ether oxygens (including phenoxy) is 1. The molecule has 2 aromatic carbocycles. The Morgan fingerprint density at radius 3 is 2.31 bits per heavy atom. The van der Waals surface area contributed by atoms with Crippen LogP contribution in [-0.2, 0) is 32.1 Å². The Bertz CT molecular complexity index is 1020. The van der Waals surface area contributed by atoms with Gasteiger partial charge in [-0.2, -0.15) is 4.79 Å². The summed E-state index contributed by atoms with van der Waals surface area (Å²) in [6.45, 7) is 1.28. The van der Waals surface area contributed by atoms with Crippen LogP contribution in [0.1, 0.15) is 18.1 Å². The number of Topliss-reactive ketones (excluding diaryl/α,β-unsaturated/α-hetero) is 2. The summed E-state index contributed by atoms with van der Waals surface area (Å²) in [5.74, 6) is -2.78. The summed E-state index contributed by atoms with van der Waals surface area (Å²) in [5.41, 5.74) is 9.76. The maximum Gasteiger partial charge on any atom is 0.408 e. The molecule has 0 bridgehead atoms. The van der Waals surface area contributed by atoms with Crippen molar-refractivity contribution < 1.29 is 33.8 Å². The van der Waals surface area contributed by atoms with E-state index in [1.807, 2.05) is 6.07 Å². The van der Waals surface area contributed by atoms with Crippen molar-refractivity contribution in [2.75, 3.05) is 0 Å². The standard InChI is InChI=1S/C22H22N4O6/c1-14(20(29)19(28)12-24-23)25-21(30)18(11-15-7-9-17(27)10-8-15)26-22(31)32-13-16-5-3-2-4-6-16/h2-10,12,14,18,27H,11,13H2,1H3,(H,25,30)(H,26,31)/t14-,18-/m0/s1. The number of rotatable bonds is 10. The summed E-state index contributed by atoms with van der Waals surface area (Å²) in [4.78, 5) is 51.0. The molecule has 0 unspecified atom stereocenters. The van der Waals surface area contributed by atoms with Crippen LogP contribution in [0, 0.1) is 0 Å². The van der Waals surface area contributed by atoms with E-state index in [4.69, 9.17) is 10.3 Å². The van der Waals surface area contributed by atoms with E-state index in [-0.39, 0.29) is 18.8 Å². The number of carbonyl (C=O) groups is 4. The Morgan fingerprint density at radius 2 is 1.69 bits per heavy atom. The molecular weight excluding hydrogens is 416 g/mol. The molecular formula is C22H22N4O6. The van der Waals surface area contributed by atoms with Crippen molar-refractivity contribution in [1.82, 2.24) is 10.6 Å². The van der Waals surface area contributed by atoms with Crippen LogP contribution in [0.5, 0.6) is 5.75 Å². The van der Waals surface area contributed by atoms with E-state index >= 15 is 0 Å². The maximum absolute atomic E-state index is 12.7. The number of nitrogens with zero attached hydrogens (tertiary/aromatic N) is 2. The first kappa shape index (κ1) is 24.0. The summed E-state index contributed by atoms with van der Waals surface area (Å²) in [6, 6.07) is 12.6. The minimum absolute atomic E-state index is 0.00981. The summed E-state index contributed by atoms with van der Waals surface area (Å²) >= 11 is 0. The Labute approximate surface area is 183 Å². The molecule has 0 spiro atoms. The number of benzene rings is 2. The van der Waals surface area contributed by atoms with Gasteiger partial charge >= 0.3 is 18.1 Å². The number of nitrogens with one attached hydrogen (secondary N) is 2. The quantitative estimate of drug-likeness (QED) is 0.219. The van der Waals surface area contributed by atoms with Gasteiger partial charge in [0.1, 0.15) is 18.4 Å². The van der Waals surface area contributed by atoms with Crippen molar-refractivity contribution in [3.63, 3.8) is 0 Å². The van der Waals surface area contributed by atoms with Gasteiger partial charge in [0.25, 0.3) is 0 Å². The van der Waals surface area contributed by atoms with E-state index in [1.54, 1.807) is 36.4 Å². The van der Waals surface area contributed by atoms with Crippen molar-refractivity contribution in [3.05, 3.63) is 71.3 Å². The van der Waals surface area contributed by atoms with Gasteiger partial charge in [-0.3, -0.25) is 14.4 Å². The first-order valence-electron chi connectivity index (χ1n) is 9.61. The summed E-state index contributed by atoms with van der Waals surface area (Å²) < 4.78 is 5.15. The largest absolute Gasteiger partial charge is 0.508 e. The van der Waals surface area contributed by atoms with E-state index in [0.717, 1.165) is 5.56 Å². The highest BCUT2D eigenvalue weighted by atomic mass is 16.5. The zero-order chi connectivity index (χ0) is 23.5. The number of ketones is 2. The van der Waals surface area contributed by atoms with Crippen molar-refractivity contribution in [2.24, 2.45) is 0 Å². The van der Waals surface area contributed by atoms with Crippen LogP contribution in [0.25, 0.3) is 5.53 Å². The van der Waals surface area contributed by atoms with E-state index in [9.17, 15) is 24.3 Å². The predicted octanol–water partition coefficient (Wildman–Crippen LogP) is 1.17. The number of phenols is 1. The molecule has 0 aliphatic rings. The predicted molar refractivity (Wildman–Crippen MR) is 113 cm³/mol. The van der Waals surface area contributed by atoms with Gasteiger partial charge in [-0.1, -0.05) is 42.5 Å². The Hall–Kier alpha value is -4.30. The third-order valence-electron chi connectivity index (χ3n) is 4.37. The normalized spacial score (nSPS) is 11.9. The summed E-state index contributed by atoms with van der Waals surface area (Å²) in [5, 5.41) is 14.2. The van der Waals surface area contributed by atoms with Crippen molar-refractivity contribution in [2.45, 2.75) is 32.0 Å². The van der Waals surface area contributed by atoms with E-state index < -0.39 is 35.7 Å². The molecule has 32 heavy (non-hydrogen) atoms. The van der Waals surface area contributed by atoms with Crippen molar-refractivity contribution in [1.29, 1.82) is 0 Å². The smallest absolute Gasteiger partial charge is 0.408 e. The monoisotopic (exact) mass is 438 g/mol. The lowest BCUT2D eigenvalue weighted by Gasteiger charge is -2.20. The number of aromatic hydroxyl groups is 1. The highest BCUT2D eigenvalue weighted by Gasteiger charge is 2.28. The molecule has 10 nitrogen and oxygen atoms in total. The molecule has 2 amide bonds. The van der Waals surface area contributed by atoms with E-state index in [1.165, 1.54) is 19.1 Å². The molecule has 0 radical (unpaired) electrons. The van der Waals surface area contributed by atoms with Crippen LogP contribution in [0.3, 0.4) is 0 Å². The topological polar surface area (TPSA) is 158 Å². The van der Waals surface area contributed by atoms with Gasteiger partial charge in [-0.05, 0) is 30.2 Å². The number of amides is 2. The number of hydrogen-bond donors (Lipinski definition) is 3. The summed E-state index contributed by atoms with van der Waals surface area (Å²) in [6.07, 6.45) is -0.396.